The van der Waals surface area contributed by atoms with Gasteiger partial charge in [-0.2, -0.15) is 0 Å². The molecule has 0 aliphatic carbocycles. The highest BCUT2D eigenvalue weighted by atomic mass is 16.4. The molecule has 1 amide bonds. The van der Waals surface area contributed by atoms with Crippen LogP contribution in [0.15, 0.2) is 23.9 Å². The van der Waals surface area contributed by atoms with E-state index in [1.54, 1.807) is 0 Å². The SMILES string of the molecule is C=CC(=O)NC(CCN(C)C)=C(C)C(=O)O. The van der Waals surface area contributed by atoms with Gasteiger partial charge in [0.15, 0.2) is 0 Å². The first-order chi connectivity index (χ1) is 7.38. The maximum Gasteiger partial charge on any atom is 0.333 e. The lowest BCUT2D eigenvalue weighted by molar-refractivity contribution is -0.132. The van der Waals surface area contributed by atoms with Gasteiger partial charge < -0.3 is 15.3 Å². The van der Waals surface area contributed by atoms with Crippen LogP contribution in [0.2, 0.25) is 0 Å². The molecule has 0 radical (unpaired) electrons. The van der Waals surface area contributed by atoms with Crippen LogP contribution in [0.4, 0.5) is 0 Å². The number of hydrogen-bond donors (Lipinski definition) is 2. The summed E-state index contributed by atoms with van der Waals surface area (Å²) in [6.45, 7) is 5.45. The summed E-state index contributed by atoms with van der Waals surface area (Å²) in [4.78, 5) is 23.8. The van der Waals surface area contributed by atoms with E-state index < -0.39 is 11.9 Å². The number of hydrogen-bond acceptors (Lipinski definition) is 3. The van der Waals surface area contributed by atoms with Gasteiger partial charge in [-0.15, -0.1) is 0 Å². The van der Waals surface area contributed by atoms with Gasteiger partial charge in [0.05, 0.1) is 5.57 Å². The van der Waals surface area contributed by atoms with E-state index >= 15 is 0 Å². The lowest BCUT2D eigenvalue weighted by atomic mass is 10.1. The molecule has 0 aliphatic heterocycles. The third-order valence-electron chi connectivity index (χ3n) is 2.04. The number of amides is 1. The van der Waals surface area contributed by atoms with Crippen molar-refractivity contribution in [2.75, 3.05) is 20.6 Å². The van der Waals surface area contributed by atoms with Crippen LogP contribution in [-0.4, -0.2) is 42.5 Å². The van der Waals surface area contributed by atoms with Crippen LogP contribution < -0.4 is 5.32 Å². The highest BCUT2D eigenvalue weighted by molar-refractivity contribution is 5.91. The van der Waals surface area contributed by atoms with Crippen LogP contribution in [0.5, 0.6) is 0 Å². The molecule has 90 valence electrons. The van der Waals surface area contributed by atoms with Crippen LogP contribution in [0.1, 0.15) is 13.3 Å². The Morgan fingerprint density at radius 1 is 1.44 bits per heavy atom. The topological polar surface area (TPSA) is 69.6 Å². The number of carboxylic acid groups (broad SMARTS) is 1. The number of carbonyl (C=O) groups is 2. The van der Waals surface area contributed by atoms with E-state index in [1.807, 2.05) is 19.0 Å². The smallest absolute Gasteiger partial charge is 0.333 e. The van der Waals surface area contributed by atoms with E-state index in [4.69, 9.17) is 5.11 Å². The predicted molar refractivity (Wildman–Crippen MR) is 61.8 cm³/mol. The Hall–Kier alpha value is -1.62. The number of aliphatic carboxylic acids is 1. The highest BCUT2D eigenvalue weighted by Gasteiger charge is 2.11. The minimum Gasteiger partial charge on any atom is -0.478 e. The van der Waals surface area contributed by atoms with Crippen LogP contribution in [0.25, 0.3) is 0 Å². The minimum atomic E-state index is -1.03. The van der Waals surface area contributed by atoms with Crippen molar-refractivity contribution in [3.63, 3.8) is 0 Å². The predicted octanol–water partition coefficient (Wildman–Crippen LogP) is 0.599. The summed E-state index contributed by atoms with van der Waals surface area (Å²) in [6.07, 6.45) is 1.59. The monoisotopic (exact) mass is 226 g/mol. The summed E-state index contributed by atoms with van der Waals surface area (Å²) >= 11 is 0. The van der Waals surface area contributed by atoms with E-state index in [9.17, 15) is 9.59 Å². The second-order valence-electron chi connectivity index (χ2n) is 3.66. The zero-order chi connectivity index (χ0) is 12.7. The quantitative estimate of drug-likeness (QED) is 0.651. The fraction of sp³-hybridized carbons (Fsp3) is 0.455. The van der Waals surface area contributed by atoms with E-state index in [0.29, 0.717) is 18.7 Å². The van der Waals surface area contributed by atoms with Crippen molar-refractivity contribution >= 4 is 11.9 Å². The molecule has 5 heteroatoms. The van der Waals surface area contributed by atoms with Gasteiger partial charge in [-0.1, -0.05) is 6.58 Å². The molecule has 0 bridgehead atoms. The first-order valence-electron chi connectivity index (χ1n) is 4.89. The molecule has 2 N–H and O–H groups in total. The van der Waals surface area contributed by atoms with Gasteiger partial charge in [0, 0.05) is 18.7 Å². The van der Waals surface area contributed by atoms with E-state index in [0.717, 1.165) is 6.08 Å². The first-order valence-corrected chi connectivity index (χ1v) is 4.89. The summed E-state index contributed by atoms with van der Waals surface area (Å²) in [5, 5.41) is 11.4. The van der Waals surface area contributed by atoms with Crippen LogP contribution in [-0.2, 0) is 9.59 Å². The Morgan fingerprint density at radius 3 is 2.38 bits per heavy atom. The molecule has 0 aromatic heterocycles. The average Bonchev–Trinajstić information content (AvgIpc) is 2.22. The van der Waals surface area contributed by atoms with Crippen molar-refractivity contribution in [1.82, 2.24) is 10.2 Å². The summed E-state index contributed by atoms with van der Waals surface area (Å²) in [7, 11) is 3.76. The molecular formula is C11H18N2O3. The number of carbonyl (C=O) groups excluding carboxylic acids is 1. The van der Waals surface area contributed by atoms with Gasteiger partial charge in [-0.25, -0.2) is 4.79 Å². The highest BCUT2D eigenvalue weighted by Crippen LogP contribution is 2.06. The third-order valence-corrected chi connectivity index (χ3v) is 2.04. The molecule has 16 heavy (non-hydrogen) atoms. The normalized spacial score (nSPS) is 12.0. The fourth-order valence-corrected chi connectivity index (χ4v) is 1.01. The average molecular weight is 226 g/mol. The molecule has 0 aromatic rings. The Balaban J connectivity index is 4.76. The zero-order valence-corrected chi connectivity index (χ0v) is 9.91. The molecule has 0 aromatic carbocycles. The van der Waals surface area contributed by atoms with E-state index in [2.05, 4.69) is 11.9 Å². The Morgan fingerprint density at radius 2 is 2.00 bits per heavy atom. The largest absolute Gasteiger partial charge is 0.478 e. The third kappa shape index (κ3) is 5.31. The number of nitrogens with one attached hydrogen (secondary N) is 1. The molecule has 0 heterocycles. The first kappa shape index (κ1) is 14.4. The van der Waals surface area contributed by atoms with Gasteiger partial charge in [0.2, 0.25) is 5.91 Å². The standard InChI is InChI=1S/C11H18N2O3/c1-5-10(14)12-9(6-7-13(3)4)8(2)11(15)16/h5H,1,6-7H2,2-4H3,(H,12,14)(H,15,16). The summed E-state index contributed by atoms with van der Waals surface area (Å²) < 4.78 is 0. The number of rotatable bonds is 6. The Kier molecular flexibility index (Phi) is 6.10. The van der Waals surface area contributed by atoms with E-state index in [1.165, 1.54) is 6.92 Å². The van der Waals surface area contributed by atoms with Gasteiger partial charge in [-0.05, 0) is 27.1 Å². The molecule has 5 nitrogen and oxygen atoms in total. The van der Waals surface area contributed by atoms with Crippen molar-refractivity contribution in [3.8, 4) is 0 Å². The van der Waals surface area contributed by atoms with Crippen molar-refractivity contribution in [1.29, 1.82) is 0 Å². The molecule has 0 atom stereocenters. The Bertz CT molecular complexity index is 319. The van der Waals surface area contributed by atoms with Gasteiger partial charge in [0.1, 0.15) is 0 Å². The van der Waals surface area contributed by atoms with Gasteiger partial charge >= 0.3 is 5.97 Å². The molecule has 0 saturated carbocycles. The molecular weight excluding hydrogens is 208 g/mol. The van der Waals surface area contributed by atoms with Crippen molar-refractivity contribution in [2.45, 2.75) is 13.3 Å². The lowest BCUT2D eigenvalue weighted by Gasteiger charge is -2.14. The van der Waals surface area contributed by atoms with Gasteiger partial charge in [-0.3, -0.25) is 4.79 Å². The van der Waals surface area contributed by atoms with Crippen LogP contribution >= 0.6 is 0 Å². The molecule has 0 spiro atoms. The minimum absolute atomic E-state index is 0.150. The molecule has 0 saturated heterocycles. The number of carboxylic acids is 1. The summed E-state index contributed by atoms with van der Waals surface area (Å²) in [5.74, 6) is -1.42. The van der Waals surface area contributed by atoms with Crippen molar-refractivity contribution in [2.24, 2.45) is 0 Å². The molecule has 0 aliphatic rings. The lowest BCUT2D eigenvalue weighted by Crippen LogP contribution is -2.26. The second-order valence-corrected chi connectivity index (χ2v) is 3.66. The fourth-order valence-electron chi connectivity index (χ4n) is 1.01. The summed E-state index contributed by atoms with van der Waals surface area (Å²) in [6, 6.07) is 0. The summed E-state index contributed by atoms with van der Waals surface area (Å²) in [5.41, 5.74) is 0.572. The second kappa shape index (κ2) is 6.79. The maximum atomic E-state index is 11.1. The van der Waals surface area contributed by atoms with Crippen LogP contribution in [0.3, 0.4) is 0 Å². The zero-order valence-electron chi connectivity index (χ0n) is 9.91. The molecule has 0 rings (SSSR count). The molecule has 0 unspecified atom stereocenters. The van der Waals surface area contributed by atoms with Gasteiger partial charge in [0.25, 0.3) is 0 Å². The van der Waals surface area contributed by atoms with Crippen molar-refractivity contribution in [3.05, 3.63) is 23.9 Å². The Labute approximate surface area is 95.4 Å². The maximum absolute atomic E-state index is 11.1. The molecule has 0 fully saturated rings. The van der Waals surface area contributed by atoms with Crippen molar-refractivity contribution < 1.29 is 14.7 Å². The van der Waals surface area contributed by atoms with E-state index in [-0.39, 0.29) is 5.57 Å². The number of nitrogens with zero attached hydrogens (tertiary/aromatic N) is 1. The van der Waals surface area contributed by atoms with Crippen LogP contribution in [0, 0.1) is 0 Å².